The fourth-order valence-electron chi connectivity index (χ4n) is 4.21. The van der Waals surface area contributed by atoms with Gasteiger partial charge in [-0.3, -0.25) is 4.79 Å². The van der Waals surface area contributed by atoms with E-state index >= 15 is 0 Å². The number of amides is 1. The summed E-state index contributed by atoms with van der Waals surface area (Å²) in [4.78, 5) is 17.3. The van der Waals surface area contributed by atoms with Crippen molar-refractivity contribution in [1.82, 2.24) is 9.80 Å². The largest absolute Gasteiger partial charge is 0.334 e. The van der Waals surface area contributed by atoms with Crippen LogP contribution in [0.3, 0.4) is 0 Å². The van der Waals surface area contributed by atoms with E-state index in [-0.39, 0.29) is 17.5 Å². The molecule has 2 saturated heterocycles. The highest BCUT2D eigenvalue weighted by atomic mass is 19.1. The van der Waals surface area contributed by atoms with Gasteiger partial charge in [0, 0.05) is 19.1 Å². The predicted molar refractivity (Wildman–Crippen MR) is 102 cm³/mol. The Morgan fingerprint density at radius 3 is 2.46 bits per heavy atom. The number of likely N-dealkylation sites (tertiary alicyclic amines) is 2. The molecule has 2 aliphatic rings. The van der Waals surface area contributed by atoms with Gasteiger partial charge in [0.25, 0.3) is 5.91 Å². The number of halogens is 1. The van der Waals surface area contributed by atoms with E-state index in [1.165, 1.54) is 18.9 Å². The Kier molecular flexibility index (Phi) is 5.02. The summed E-state index contributed by atoms with van der Waals surface area (Å²) in [7, 11) is 0. The minimum Gasteiger partial charge on any atom is -0.334 e. The van der Waals surface area contributed by atoms with E-state index in [9.17, 15) is 9.18 Å². The maximum atomic E-state index is 14.7. The van der Waals surface area contributed by atoms with Crippen molar-refractivity contribution >= 4 is 5.91 Å². The Bertz CT molecular complexity index is 771. The van der Waals surface area contributed by atoms with Gasteiger partial charge in [-0.2, -0.15) is 0 Å². The second-order valence-electron chi connectivity index (χ2n) is 7.36. The number of hydrogen-bond acceptors (Lipinski definition) is 2. The fourth-order valence-corrected chi connectivity index (χ4v) is 4.21. The third-order valence-corrected chi connectivity index (χ3v) is 5.61. The van der Waals surface area contributed by atoms with Crippen molar-refractivity contribution in [3.63, 3.8) is 0 Å². The normalized spacial score (nSPS) is 20.7. The number of benzene rings is 2. The zero-order chi connectivity index (χ0) is 17.9. The lowest BCUT2D eigenvalue weighted by atomic mass is 10.0. The Morgan fingerprint density at radius 1 is 0.962 bits per heavy atom. The van der Waals surface area contributed by atoms with Gasteiger partial charge in [0.05, 0.1) is 5.56 Å². The lowest BCUT2D eigenvalue weighted by molar-refractivity contribution is 0.0704. The average Bonchev–Trinajstić information content (AvgIpc) is 3.34. The molecule has 2 aromatic carbocycles. The number of hydrogen-bond donors (Lipinski definition) is 0. The average molecular weight is 352 g/mol. The van der Waals surface area contributed by atoms with Gasteiger partial charge in [0.1, 0.15) is 5.82 Å². The molecule has 2 heterocycles. The topological polar surface area (TPSA) is 23.6 Å². The molecule has 1 atom stereocenters. The van der Waals surface area contributed by atoms with E-state index < -0.39 is 5.82 Å². The van der Waals surface area contributed by atoms with Gasteiger partial charge in [-0.1, -0.05) is 36.4 Å². The first-order valence-corrected chi connectivity index (χ1v) is 9.61. The second kappa shape index (κ2) is 7.58. The number of carbonyl (C=O) groups excluding carboxylic acids is 1. The van der Waals surface area contributed by atoms with Crippen molar-refractivity contribution in [3.8, 4) is 11.1 Å². The smallest absolute Gasteiger partial charge is 0.257 e. The van der Waals surface area contributed by atoms with Crippen molar-refractivity contribution in [2.24, 2.45) is 0 Å². The Labute approximate surface area is 154 Å². The molecule has 0 radical (unpaired) electrons. The summed E-state index contributed by atoms with van der Waals surface area (Å²) in [5, 5.41) is 0. The maximum absolute atomic E-state index is 14.7. The van der Waals surface area contributed by atoms with Crippen LogP contribution in [-0.2, 0) is 0 Å². The molecule has 3 nitrogen and oxygen atoms in total. The highest BCUT2D eigenvalue weighted by Crippen LogP contribution is 2.26. The molecule has 2 aliphatic heterocycles. The molecule has 26 heavy (non-hydrogen) atoms. The van der Waals surface area contributed by atoms with E-state index in [2.05, 4.69) is 4.90 Å². The van der Waals surface area contributed by atoms with Gasteiger partial charge in [-0.05, 0) is 62.0 Å². The minimum atomic E-state index is -0.428. The van der Waals surface area contributed by atoms with Crippen LogP contribution in [-0.4, -0.2) is 47.9 Å². The number of carbonyl (C=O) groups is 1. The molecular formula is C22H25FN2O. The molecule has 4 heteroatoms. The van der Waals surface area contributed by atoms with Gasteiger partial charge >= 0.3 is 0 Å². The van der Waals surface area contributed by atoms with Crippen molar-refractivity contribution in [1.29, 1.82) is 0 Å². The Morgan fingerprint density at radius 2 is 1.73 bits per heavy atom. The van der Waals surface area contributed by atoms with E-state index in [1.54, 1.807) is 6.07 Å². The minimum absolute atomic E-state index is 0.163. The molecule has 2 aromatic rings. The van der Waals surface area contributed by atoms with Crippen molar-refractivity contribution in [2.45, 2.75) is 31.7 Å². The summed E-state index contributed by atoms with van der Waals surface area (Å²) in [6.45, 7) is 3.91. The van der Waals surface area contributed by atoms with E-state index in [0.717, 1.165) is 50.1 Å². The van der Waals surface area contributed by atoms with Crippen LogP contribution in [0.2, 0.25) is 0 Å². The molecule has 0 aromatic heterocycles. The standard InChI is InChI=1S/C22H25FN2O/c23-21-15-18(17-7-2-1-3-8-17)10-11-20(21)22(26)25-14-6-9-19(25)16-24-12-4-5-13-24/h1-3,7-8,10-11,15,19H,4-6,9,12-14,16H2/t19-/m0/s1. The molecule has 0 N–H and O–H groups in total. The molecule has 1 amide bonds. The van der Waals surface area contributed by atoms with E-state index in [1.807, 2.05) is 41.3 Å². The maximum Gasteiger partial charge on any atom is 0.257 e. The fraction of sp³-hybridized carbons (Fsp3) is 0.409. The number of nitrogens with zero attached hydrogens (tertiary/aromatic N) is 2. The van der Waals surface area contributed by atoms with Crippen molar-refractivity contribution < 1.29 is 9.18 Å². The van der Waals surface area contributed by atoms with Crippen molar-refractivity contribution in [2.75, 3.05) is 26.2 Å². The second-order valence-corrected chi connectivity index (χ2v) is 7.36. The first-order valence-electron chi connectivity index (χ1n) is 9.61. The lowest BCUT2D eigenvalue weighted by Crippen LogP contribution is -2.42. The molecule has 2 fully saturated rings. The quantitative estimate of drug-likeness (QED) is 0.824. The van der Waals surface area contributed by atoms with E-state index in [4.69, 9.17) is 0 Å². The van der Waals surface area contributed by atoms with Crippen LogP contribution in [0, 0.1) is 5.82 Å². The van der Waals surface area contributed by atoms with Crippen molar-refractivity contribution in [3.05, 3.63) is 59.9 Å². The van der Waals surface area contributed by atoms with Crippen LogP contribution < -0.4 is 0 Å². The summed E-state index contributed by atoms with van der Waals surface area (Å²) in [5.41, 5.74) is 1.95. The molecule has 0 spiro atoms. The van der Waals surface area contributed by atoms with Crippen LogP contribution >= 0.6 is 0 Å². The Balaban J connectivity index is 1.52. The van der Waals surface area contributed by atoms with Gasteiger partial charge in [-0.15, -0.1) is 0 Å². The lowest BCUT2D eigenvalue weighted by Gasteiger charge is -2.28. The highest BCUT2D eigenvalue weighted by Gasteiger charge is 2.32. The zero-order valence-corrected chi connectivity index (χ0v) is 15.0. The van der Waals surface area contributed by atoms with Crippen LogP contribution in [0.15, 0.2) is 48.5 Å². The predicted octanol–water partition coefficient (Wildman–Crippen LogP) is 4.19. The van der Waals surface area contributed by atoms with Gasteiger partial charge in [-0.25, -0.2) is 4.39 Å². The Hall–Kier alpha value is -2.20. The third kappa shape index (κ3) is 3.51. The van der Waals surface area contributed by atoms with Crippen LogP contribution in [0.4, 0.5) is 4.39 Å². The van der Waals surface area contributed by atoms with Crippen LogP contribution in [0.1, 0.15) is 36.0 Å². The summed E-state index contributed by atoms with van der Waals surface area (Å²) in [6, 6.07) is 14.9. The number of rotatable bonds is 4. The molecular weight excluding hydrogens is 327 g/mol. The molecule has 0 unspecified atom stereocenters. The summed E-state index contributed by atoms with van der Waals surface area (Å²) in [5.74, 6) is -0.591. The molecule has 0 bridgehead atoms. The third-order valence-electron chi connectivity index (χ3n) is 5.61. The molecule has 0 aliphatic carbocycles. The van der Waals surface area contributed by atoms with E-state index in [0.29, 0.717) is 0 Å². The zero-order valence-electron chi connectivity index (χ0n) is 15.0. The van der Waals surface area contributed by atoms with Gasteiger partial charge < -0.3 is 9.80 Å². The molecule has 0 saturated carbocycles. The summed E-state index contributed by atoms with van der Waals surface area (Å²) >= 11 is 0. The highest BCUT2D eigenvalue weighted by molar-refractivity contribution is 5.95. The monoisotopic (exact) mass is 352 g/mol. The SMILES string of the molecule is O=C(c1ccc(-c2ccccc2)cc1F)N1CCC[C@H]1CN1CCCC1. The van der Waals surface area contributed by atoms with Crippen LogP contribution in [0.25, 0.3) is 11.1 Å². The molecule has 136 valence electrons. The molecule has 4 rings (SSSR count). The first-order chi connectivity index (χ1) is 12.7. The summed E-state index contributed by atoms with van der Waals surface area (Å²) < 4.78 is 14.7. The van der Waals surface area contributed by atoms with Crippen LogP contribution in [0.5, 0.6) is 0 Å². The first kappa shape index (κ1) is 17.2. The van der Waals surface area contributed by atoms with Gasteiger partial charge in [0.2, 0.25) is 0 Å². The summed E-state index contributed by atoms with van der Waals surface area (Å²) in [6.07, 6.45) is 4.52. The van der Waals surface area contributed by atoms with Gasteiger partial charge in [0.15, 0.2) is 0 Å².